The van der Waals surface area contributed by atoms with E-state index in [0.29, 0.717) is 0 Å². The fraction of sp³-hybridized carbons (Fsp3) is 0.533. The van der Waals surface area contributed by atoms with Gasteiger partial charge in [0, 0.05) is 31.4 Å². The van der Waals surface area contributed by atoms with E-state index in [-0.39, 0.29) is 11.8 Å². The van der Waals surface area contributed by atoms with Crippen molar-refractivity contribution in [3.05, 3.63) is 23.8 Å². The van der Waals surface area contributed by atoms with E-state index in [0.717, 1.165) is 42.9 Å². The summed E-state index contributed by atoms with van der Waals surface area (Å²) < 4.78 is 0. The summed E-state index contributed by atoms with van der Waals surface area (Å²) >= 11 is 0. The Morgan fingerprint density at radius 1 is 1.32 bits per heavy atom. The number of carbonyl (C=O) groups excluding carboxylic acids is 1. The van der Waals surface area contributed by atoms with Crippen LogP contribution in [0.3, 0.4) is 0 Å². The molecule has 1 aromatic rings. The number of hydrogen-bond acceptors (Lipinski definition) is 3. The monoisotopic (exact) mass is 261 g/mol. The number of rotatable bonds is 3. The van der Waals surface area contributed by atoms with Gasteiger partial charge in [-0.3, -0.25) is 4.79 Å². The zero-order valence-corrected chi connectivity index (χ0v) is 12.0. The van der Waals surface area contributed by atoms with Crippen molar-refractivity contribution in [1.29, 1.82) is 0 Å². The largest absolute Gasteiger partial charge is 0.377 e. The van der Waals surface area contributed by atoms with Gasteiger partial charge in [-0.1, -0.05) is 6.07 Å². The number of amides is 1. The standard InChI is InChI=1S/C15H23N3O/c1-11-13(5-4-6-14(11)18(2)3)17-15(19)12-7-9-16-10-8-12/h4-6,12,16H,7-10H2,1-3H3,(H,17,19). The third-order valence-corrected chi connectivity index (χ3v) is 3.75. The minimum atomic E-state index is 0.142. The maximum atomic E-state index is 12.2. The number of piperidine rings is 1. The van der Waals surface area contributed by atoms with Crippen molar-refractivity contribution in [3.8, 4) is 0 Å². The Balaban J connectivity index is 2.10. The van der Waals surface area contributed by atoms with Crippen LogP contribution >= 0.6 is 0 Å². The number of nitrogens with zero attached hydrogens (tertiary/aromatic N) is 1. The van der Waals surface area contributed by atoms with Crippen molar-refractivity contribution in [2.24, 2.45) is 5.92 Å². The summed E-state index contributed by atoms with van der Waals surface area (Å²) in [5, 5.41) is 6.36. The summed E-state index contributed by atoms with van der Waals surface area (Å²) in [5.74, 6) is 0.296. The minimum absolute atomic E-state index is 0.142. The van der Waals surface area contributed by atoms with Gasteiger partial charge in [-0.2, -0.15) is 0 Å². The molecule has 0 saturated carbocycles. The van der Waals surface area contributed by atoms with E-state index >= 15 is 0 Å². The van der Waals surface area contributed by atoms with Gasteiger partial charge in [-0.05, 0) is 50.6 Å². The summed E-state index contributed by atoms with van der Waals surface area (Å²) in [6, 6.07) is 6.03. The molecule has 1 fully saturated rings. The smallest absolute Gasteiger partial charge is 0.227 e. The van der Waals surface area contributed by atoms with Crippen LogP contribution in [0.25, 0.3) is 0 Å². The molecule has 0 aliphatic carbocycles. The number of carbonyl (C=O) groups is 1. The number of nitrogens with one attached hydrogen (secondary N) is 2. The Morgan fingerprint density at radius 3 is 2.63 bits per heavy atom. The normalized spacial score (nSPS) is 16.2. The molecule has 104 valence electrons. The SMILES string of the molecule is Cc1c(NC(=O)C2CCNCC2)cccc1N(C)C. The maximum absolute atomic E-state index is 12.2. The Hall–Kier alpha value is -1.55. The first-order valence-electron chi connectivity index (χ1n) is 6.88. The van der Waals surface area contributed by atoms with Crippen LogP contribution in [-0.4, -0.2) is 33.1 Å². The molecule has 0 atom stereocenters. The van der Waals surface area contributed by atoms with Gasteiger partial charge in [0.05, 0.1) is 0 Å². The van der Waals surface area contributed by atoms with E-state index in [1.165, 1.54) is 0 Å². The van der Waals surface area contributed by atoms with Gasteiger partial charge in [0.2, 0.25) is 5.91 Å². The Morgan fingerprint density at radius 2 is 2.00 bits per heavy atom. The van der Waals surface area contributed by atoms with Gasteiger partial charge in [-0.15, -0.1) is 0 Å². The Kier molecular flexibility index (Phi) is 4.43. The molecular weight excluding hydrogens is 238 g/mol. The van der Waals surface area contributed by atoms with E-state index in [9.17, 15) is 4.79 Å². The Labute approximate surface area is 115 Å². The predicted molar refractivity (Wildman–Crippen MR) is 79.7 cm³/mol. The van der Waals surface area contributed by atoms with Crippen LogP contribution in [0.5, 0.6) is 0 Å². The molecular formula is C15H23N3O. The van der Waals surface area contributed by atoms with Gasteiger partial charge in [0.15, 0.2) is 0 Å². The van der Waals surface area contributed by atoms with Crippen molar-refractivity contribution in [2.75, 3.05) is 37.4 Å². The number of anilines is 2. The molecule has 4 nitrogen and oxygen atoms in total. The van der Waals surface area contributed by atoms with E-state index in [4.69, 9.17) is 0 Å². The lowest BCUT2D eigenvalue weighted by atomic mass is 9.97. The molecule has 0 radical (unpaired) electrons. The van der Waals surface area contributed by atoms with Crippen LogP contribution in [0.15, 0.2) is 18.2 Å². The summed E-state index contributed by atoms with van der Waals surface area (Å²) in [4.78, 5) is 14.3. The second-order valence-electron chi connectivity index (χ2n) is 5.36. The predicted octanol–water partition coefficient (Wildman–Crippen LogP) is 2.00. The van der Waals surface area contributed by atoms with Crippen molar-refractivity contribution >= 4 is 17.3 Å². The van der Waals surface area contributed by atoms with Crippen LogP contribution in [0.1, 0.15) is 18.4 Å². The van der Waals surface area contributed by atoms with E-state index < -0.39 is 0 Å². The summed E-state index contributed by atoms with van der Waals surface area (Å²) in [5.41, 5.74) is 3.19. The zero-order chi connectivity index (χ0) is 13.8. The second-order valence-corrected chi connectivity index (χ2v) is 5.36. The van der Waals surface area contributed by atoms with Gasteiger partial charge in [0.1, 0.15) is 0 Å². The van der Waals surface area contributed by atoms with Crippen molar-refractivity contribution in [2.45, 2.75) is 19.8 Å². The first kappa shape index (κ1) is 13.9. The van der Waals surface area contributed by atoms with Gasteiger partial charge in [-0.25, -0.2) is 0 Å². The van der Waals surface area contributed by atoms with Crippen molar-refractivity contribution in [3.63, 3.8) is 0 Å². The summed E-state index contributed by atoms with van der Waals surface area (Å²) in [6.07, 6.45) is 1.86. The van der Waals surface area contributed by atoms with Crippen LogP contribution in [-0.2, 0) is 4.79 Å². The number of benzene rings is 1. The molecule has 1 aromatic carbocycles. The quantitative estimate of drug-likeness (QED) is 0.874. The number of hydrogen-bond donors (Lipinski definition) is 2. The maximum Gasteiger partial charge on any atom is 0.227 e. The highest BCUT2D eigenvalue weighted by Gasteiger charge is 2.21. The molecule has 1 aliphatic heterocycles. The Bertz CT molecular complexity index is 451. The molecule has 2 N–H and O–H groups in total. The molecule has 4 heteroatoms. The fourth-order valence-corrected chi connectivity index (χ4v) is 2.56. The first-order valence-corrected chi connectivity index (χ1v) is 6.88. The highest BCUT2D eigenvalue weighted by Crippen LogP contribution is 2.26. The van der Waals surface area contributed by atoms with Crippen LogP contribution < -0.4 is 15.5 Å². The van der Waals surface area contributed by atoms with Gasteiger partial charge < -0.3 is 15.5 Å². The molecule has 0 unspecified atom stereocenters. The molecule has 1 amide bonds. The zero-order valence-electron chi connectivity index (χ0n) is 12.0. The average molecular weight is 261 g/mol. The molecule has 19 heavy (non-hydrogen) atoms. The average Bonchev–Trinajstić information content (AvgIpc) is 2.41. The van der Waals surface area contributed by atoms with Crippen LogP contribution in [0, 0.1) is 12.8 Å². The molecule has 2 rings (SSSR count). The summed E-state index contributed by atoms with van der Waals surface area (Å²) in [7, 11) is 4.03. The molecule has 1 saturated heterocycles. The first-order chi connectivity index (χ1) is 9.09. The lowest BCUT2D eigenvalue weighted by molar-refractivity contribution is -0.120. The second kappa shape index (κ2) is 6.06. The molecule has 1 heterocycles. The van der Waals surface area contributed by atoms with E-state index in [1.54, 1.807) is 0 Å². The fourth-order valence-electron chi connectivity index (χ4n) is 2.56. The molecule has 0 bridgehead atoms. The minimum Gasteiger partial charge on any atom is -0.377 e. The molecule has 0 aromatic heterocycles. The van der Waals surface area contributed by atoms with Crippen molar-refractivity contribution < 1.29 is 4.79 Å². The molecule has 0 spiro atoms. The van der Waals surface area contributed by atoms with Crippen LogP contribution in [0.2, 0.25) is 0 Å². The van der Waals surface area contributed by atoms with E-state index in [1.807, 2.05) is 33.2 Å². The van der Waals surface area contributed by atoms with Crippen LogP contribution in [0.4, 0.5) is 11.4 Å². The van der Waals surface area contributed by atoms with Gasteiger partial charge >= 0.3 is 0 Å². The molecule has 1 aliphatic rings. The van der Waals surface area contributed by atoms with Crippen molar-refractivity contribution in [1.82, 2.24) is 5.32 Å². The van der Waals surface area contributed by atoms with E-state index in [2.05, 4.69) is 21.6 Å². The third kappa shape index (κ3) is 3.26. The third-order valence-electron chi connectivity index (χ3n) is 3.75. The lowest BCUT2D eigenvalue weighted by Gasteiger charge is -2.23. The topological polar surface area (TPSA) is 44.4 Å². The highest BCUT2D eigenvalue weighted by molar-refractivity contribution is 5.94. The summed E-state index contributed by atoms with van der Waals surface area (Å²) in [6.45, 7) is 3.93. The lowest BCUT2D eigenvalue weighted by Crippen LogP contribution is -2.34. The highest BCUT2D eigenvalue weighted by atomic mass is 16.1. The van der Waals surface area contributed by atoms with Gasteiger partial charge in [0.25, 0.3) is 0 Å².